The Hall–Kier alpha value is -1.95. The molecule has 0 radical (unpaired) electrons. The number of hydrogen-bond donors (Lipinski definition) is 1. The molecular weight excluding hydrogens is 248 g/mol. The molecule has 0 bridgehead atoms. The SMILES string of the molecule is CC1CC(=O)N(Cc2ccccc2[N+](=O)[O-])C(O)C1. The smallest absolute Gasteiger partial charge is 0.274 e. The van der Waals surface area contributed by atoms with E-state index in [0.29, 0.717) is 18.4 Å². The van der Waals surface area contributed by atoms with Crippen LogP contribution < -0.4 is 0 Å². The highest BCUT2D eigenvalue weighted by Gasteiger charge is 2.31. The molecule has 1 saturated heterocycles. The van der Waals surface area contributed by atoms with Crippen molar-refractivity contribution in [2.24, 2.45) is 5.92 Å². The molecule has 2 unspecified atom stereocenters. The van der Waals surface area contributed by atoms with Crippen LogP contribution in [0.4, 0.5) is 5.69 Å². The van der Waals surface area contributed by atoms with Crippen LogP contribution in [0.1, 0.15) is 25.3 Å². The van der Waals surface area contributed by atoms with E-state index >= 15 is 0 Å². The Morgan fingerprint density at radius 2 is 2.16 bits per heavy atom. The van der Waals surface area contributed by atoms with Gasteiger partial charge in [-0.1, -0.05) is 25.1 Å². The van der Waals surface area contributed by atoms with Crippen molar-refractivity contribution in [2.45, 2.75) is 32.5 Å². The van der Waals surface area contributed by atoms with E-state index in [1.807, 2.05) is 6.92 Å². The van der Waals surface area contributed by atoms with Gasteiger partial charge in [0, 0.05) is 18.1 Å². The van der Waals surface area contributed by atoms with Gasteiger partial charge in [-0.25, -0.2) is 0 Å². The average Bonchev–Trinajstić information content (AvgIpc) is 2.34. The average molecular weight is 264 g/mol. The van der Waals surface area contributed by atoms with Crippen LogP contribution in [0.5, 0.6) is 0 Å². The zero-order valence-corrected chi connectivity index (χ0v) is 10.7. The van der Waals surface area contributed by atoms with Crippen LogP contribution in [-0.2, 0) is 11.3 Å². The van der Waals surface area contributed by atoms with Gasteiger partial charge in [-0.05, 0) is 12.3 Å². The minimum Gasteiger partial charge on any atom is -0.374 e. The highest BCUT2D eigenvalue weighted by Crippen LogP contribution is 2.26. The molecule has 1 fully saturated rings. The largest absolute Gasteiger partial charge is 0.374 e. The second-order valence-corrected chi connectivity index (χ2v) is 4.93. The monoisotopic (exact) mass is 264 g/mol. The van der Waals surface area contributed by atoms with E-state index in [2.05, 4.69) is 0 Å². The first-order chi connectivity index (χ1) is 8.99. The van der Waals surface area contributed by atoms with Crippen molar-refractivity contribution in [3.63, 3.8) is 0 Å². The topological polar surface area (TPSA) is 83.7 Å². The Morgan fingerprint density at radius 3 is 2.79 bits per heavy atom. The summed E-state index contributed by atoms with van der Waals surface area (Å²) in [5.41, 5.74) is 0.413. The first-order valence-electron chi connectivity index (χ1n) is 6.19. The van der Waals surface area contributed by atoms with Gasteiger partial charge in [0.25, 0.3) is 5.69 Å². The third-order valence-corrected chi connectivity index (χ3v) is 3.35. The fourth-order valence-corrected chi connectivity index (χ4v) is 2.35. The number of carbonyl (C=O) groups is 1. The van der Waals surface area contributed by atoms with Gasteiger partial charge in [0.15, 0.2) is 0 Å². The molecule has 6 nitrogen and oxygen atoms in total. The lowest BCUT2D eigenvalue weighted by atomic mass is 9.96. The minimum absolute atomic E-state index is 0.0267. The van der Waals surface area contributed by atoms with Gasteiger partial charge in [-0.3, -0.25) is 14.9 Å². The van der Waals surface area contributed by atoms with Gasteiger partial charge < -0.3 is 10.0 Å². The number of para-hydroxylation sites is 1. The zero-order valence-electron chi connectivity index (χ0n) is 10.7. The summed E-state index contributed by atoms with van der Waals surface area (Å²) in [7, 11) is 0. The summed E-state index contributed by atoms with van der Waals surface area (Å²) in [5, 5.41) is 20.9. The first kappa shape index (κ1) is 13.5. The predicted molar refractivity (Wildman–Crippen MR) is 68.1 cm³/mol. The van der Waals surface area contributed by atoms with Gasteiger partial charge in [0.2, 0.25) is 5.91 Å². The van der Waals surface area contributed by atoms with Gasteiger partial charge in [0.05, 0.1) is 11.5 Å². The van der Waals surface area contributed by atoms with Gasteiger partial charge in [-0.15, -0.1) is 0 Å². The molecule has 1 N–H and O–H groups in total. The molecule has 0 saturated carbocycles. The molecule has 19 heavy (non-hydrogen) atoms. The summed E-state index contributed by atoms with van der Waals surface area (Å²) < 4.78 is 0. The Balaban J connectivity index is 2.21. The van der Waals surface area contributed by atoms with Crippen molar-refractivity contribution in [2.75, 3.05) is 0 Å². The molecule has 2 rings (SSSR count). The normalized spacial score (nSPS) is 23.5. The van der Waals surface area contributed by atoms with Crippen molar-refractivity contribution < 1.29 is 14.8 Å². The van der Waals surface area contributed by atoms with Crippen LogP contribution in [0.25, 0.3) is 0 Å². The molecule has 1 aromatic carbocycles. The lowest BCUT2D eigenvalue weighted by Gasteiger charge is -2.34. The van der Waals surface area contributed by atoms with Crippen LogP contribution in [0.2, 0.25) is 0 Å². The van der Waals surface area contributed by atoms with Gasteiger partial charge in [0.1, 0.15) is 6.23 Å². The molecule has 102 valence electrons. The van der Waals surface area contributed by atoms with E-state index in [-0.39, 0.29) is 24.1 Å². The maximum Gasteiger partial charge on any atom is 0.274 e. The van der Waals surface area contributed by atoms with E-state index in [9.17, 15) is 20.0 Å². The summed E-state index contributed by atoms with van der Waals surface area (Å²) >= 11 is 0. The van der Waals surface area contributed by atoms with Crippen molar-refractivity contribution in [1.82, 2.24) is 4.90 Å². The van der Waals surface area contributed by atoms with Crippen LogP contribution in [-0.4, -0.2) is 27.1 Å². The number of carbonyl (C=O) groups excluding carboxylic acids is 1. The van der Waals surface area contributed by atoms with E-state index in [0.717, 1.165) is 0 Å². The number of rotatable bonds is 3. The highest BCUT2D eigenvalue weighted by atomic mass is 16.6. The van der Waals surface area contributed by atoms with Crippen LogP contribution in [0, 0.1) is 16.0 Å². The second-order valence-electron chi connectivity index (χ2n) is 4.93. The number of benzene rings is 1. The predicted octanol–water partition coefficient (Wildman–Crippen LogP) is 1.67. The number of nitro benzene ring substituents is 1. The molecule has 2 atom stereocenters. The Bertz CT molecular complexity index is 503. The third kappa shape index (κ3) is 2.90. The summed E-state index contributed by atoms with van der Waals surface area (Å²) in [6.45, 7) is 1.98. The molecule has 1 aromatic rings. The molecule has 0 aliphatic carbocycles. The molecule has 1 heterocycles. The standard InChI is InChI=1S/C13H16N2O4/c1-9-6-12(16)14(13(17)7-9)8-10-4-2-3-5-11(10)15(18)19/h2-5,9,12,16H,6-8H2,1H3. The second kappa shape index (κ2) is 5.36. The minimum atomic E-state index is -0.865. The first-order valence-corrected chi connectivity index (χ1v) is 6.19. The number of nitro groups is 1. The summed E-state index contributed by atoms with van der Waals surface area (Å²) in [6.07, 6.45) is 0.0143. The summed E-state index contributed by atoms with van der Waals surface area (Å²) in [6, 6.07) is 6.28. The van der Waals surface area contributed by atoms with Crippen molar-refractivity contribution >= 4 is 11.6 Å². The maximum atomic E-state index is 11.9. The van der Waals surface area contributed by atoms with Crippen molar-refractivity contribution in [3.05, 3.63) is 39.9 Å². The quantitative estimate of drug-likeness (QED) is 0.665. The molecular formula is C13H16N2O4. The number of aliphatic hydroxyl groups is 1. The number of aliphatic hydroxyl groups excluding tert-OH is 1. The van der Waals surface area contributed by atoms with Crippen LogP contribution in [0.3, 0.4) is 0 Å². The molecule has 0 spiro atoms. The number of amides is 1. The molecule has 1 aliphatic heterocycles. The van der Waals surface area contributed by atoms with Gasteiger partial charge in [-0.2, -0.15) is 0 Å². The summed E-state index contributed by atoms with van der Waals surface area (Å²) in [4.78, 5) is 23.6. The number of hydrogen-bond acceptors (Lipinski definition) is 4. The van der Waals surface area contributed by atoms with E-state index in [1.165, 1.54) is 11.0 Å². The molecule has 0 aromatic heterocycles. The van der Waals surface area contributed by atoms with Crippen LogP contribution >= 0.6 is 0 Å². The fourth-order valence-electron chi connectivity index (χ4n) is 2.35. The molecule has 1 amide bonds. The lowest BCUT2D eigenvalue weighted by Crippen LogP contribution is -2.45. The number of nitrogens with zero attached hydrogens (tertiary/aromatic N) is 2. The zero-order chi connectivity index (χ0) is 14.0. The maximum absolute atomic E-state index is 11.9. The lowest BCUT2D eigenvalue weighted by molar-refractivity contribution is -0.385. The Kier molecular flexibility index (Phi) is 3.80. The summed E-state index contributed by atoms with van der Waals surface area (Å²) in [5.74, 6) is -0.0195. The molecule has 1 aliphatic rings. The number of likely N-dealkylation sites (tertiary alicyclic amines) is 1. The van der Waals surface area contributed by atoms with Crippen molar-refractivity contribution in [3.8, 4) is 0 Å². The van der Waals surface area contributed by atoms with E-state index in [4.69, 9.17) is 0 Å². The Labute approximate surface area is 110 Å². The molecule has 6 heteroatoms. The highest BCUT2D eigenvalue weighted by molar-refractivity contribution is 5.77. The number of piperidine rings is 1. The van der Waals surface area contributed by atoms with E-state index in [1.54, 1.807) is 18.2 Å². The van der Waals surface area contributed by atoms with Crippen molar-refractivity contribution in [1.29, 1.82) is 0 Å². The third-order valence-electron chi connectivity index (χ3n) is 3.35. The van der Waals surface area contributed by atoms with Gasteiger partial charge >= 0.3 is 0 Å². The Morgan fingerprint density at radius 1 is 1.47 bits per heavy atom. The van der Waals surface area contributed by atoms with Crippen LogP contribution in [0.15, 0.2) is 24.3 Å². The fraction of sp³-hybridized carbons (Fsp3) is 0.462. The van der Waals surface area contributed by atoms with E-state index < -0.39 is 11.2 Å².